The molecule has 1 aromatic rings. The zero-order valence-corrected chi connectivity index (χ0v) is 16.4. The number of amides is 1. The molecule has 5 nitrogen and oxygen atoms in total. The van der Waals surface area contributed by atoms with E-state index in [1.54, 1.807) is 31.4 Å². The number of nitrogens with one attached hydrogen (secondary N) is 2. The van der Waals surface area contributed by atoms with Crippen LogP contribution in [0, 0.1) is 0 Å². The minimum atomic E-state index is -0.0653. The van der Waals surface area contributed by atoms with Gasteiger partial charge in [0.2, 0.25) is 5.91 Å². The van der Waals surface area contributed by atoms with Crippen LogP contribution in [0.5, 0.6) is 5.75 Å². The molecule has 2 N–H and O–H groups in total. The first-order valence-corrected chi connectivity index (χ1v) is 9.36. The highest BCUT2D eigenvalue weighted by Crippen LogP contribution is 2.17. The van der Waals surface area contributed by atoms with Gasteiger partial charge in [0.25, 0.3) is 0 Å². The maximum Gasteiger partial charge on any atom is 0.220 e. The molecule has 0 aliphatic heterocycles. The molecule has 0 unspecified atom stereocenters. The molecular weight excluding hydrogens is 352 g/mol. The summed E-state index contributed by atoms with van der Waals surface area (Å²) < 4.78 is 5.07. The number of ketones is 1. The van der Waals surface area contributed by atoms with Crippen LogP contribution in [-0.4, -0.2) is 37.9 Å². The molecule has 2 rings (SSSR count). The SMILES string of the molecule is COc1ccc(C(=O)CCC(=O)NCCNC2CCCCCC2)cc1.Cl. The van der Waals surface area contributed by atoms with Crippen molar-refractivity contribution >= 4 is 24.1 Å². The van der Waals surface area contributed by atoms with Gasteiger partial charge in [-0.2, -0.15) is 0 Å². The largest absolute Gasteiger partial charge is 0.497 e. The molecule has 0 bridgehead atoms. The maximum atomic E-state index is 12.1. The zero-order chi connectivity index (χ0) is 17.9. The van der Waals surface area contributed by atoms with E-state index in [0.29, 0.717) is 18.2 Å². The molecule has 0 aromatic heterocycles. The van der Waals surface area contributed by atoms with E-state index in [4.69, 9.17) is 4.74 Å². The molecular formula is C20H31ClN2O3. The lowest BCUT2D eigenvalue weighted by atomic mass is 10.1. The second kappa shape index (κ2) is 12.7. The van der Waals surface area contributed by atoms with E-state index in [9.17, 15) is 9.59 Å². The van der Waals surface area contributed by atoms with Gasteiger partial charge in [0.15, 0.2) is 5.78 Å². The number of benzene rings is 1. The van der Waals surface area contributed by atoms with Crippen molar-refractivity contribution in [2.75, 3.05) is 20.2 Å². The van der Waals surface area contributed by atoms with Crippen LogP contribution in [-0.2, 0) is 4.79 Å². The van der Waals surface area contributed by atoms with Crippen LogP contribution in [0.1, 0.15) is 61.7 Å². The lowest BCUT2D eigenvalue weighted by molar-refractivity contribution is -0.121. The van der Waals surface area contributed by atoms with Gasteiger partial charge >= 0.3 is 0 Å². The van der Waals surface area contributed by atoms with Gasteiger partial charge in [0.05, 0.1) is 7.11 Å². The average molecular weight is 383 g/mol. The number of rotatable bonds is 9. The van der Waals surface area contributed by atoms with Crippen LogP contribution in [0.2, 0.25) is 0 Å². The normalized spacial score (nSPS) is 14.8. The Balaban J connectivity index is 0.00000338. The van der Waals surface area contributed by atoms with Crippen LogP contribution >= 0.6 is 12.4 Å². The standard InChI is InChI=1S/C20H30N2O3.ClH/c1-25-18-10-8-16(9-11-18)19(23)12-13-20(24)22-15-14-21-17-6-4-2-3-5-7-17;/h8-11,17,21H,2-7,12-15H2,1H3,(H,22,24);1H. The van der Waals surface area contributed by atoms with Crippen LogP contribution in [0.3, 0.4) is 0 Å². The van der Waals surface area contributed by atoms with Gasteiger partial charge in [-0.1, -0.05) is 25.7 Å². The van der Waals surface area contributed by atoms with Gasteiger partial charge in [0, 0.05) is 37.5 Å². The summed E-state index contributed by atoms with van der Waals surface area (Å²) in [6.07, 6.45) is 8.24. The average Bonchev–Trinajstić information content (AvgIpc) is 2.92. The summed E-state index contributed by atoms with van der Waals surface area (Å²) in [5, 5.41) is 6.41. The molecule has 1 aromatic carbocycles. The molecule has 146 valence electrons. The minimum Gasteiger partial charge on any atom is -0.497 e. The van der Waals surface area contributed by atoms with Crippen molar-refractivity contribution < 1.29 is 14.3 Å². The second-order valence-electron chi connectivity index (χ2n) is 6.64. The number of Topliss-reactive ketones (excluding diaryl/α,β-unsaturated/α-hetero) is 1. The number of hydrogen-bond donors (Lipinski definition) is 2. The molecule has 1 amide bonds. The van der Waals surface area contributed by atoms with E-state index in [1.807, 2.05) is 0 Å². The highest BCUT2D eigenvalue weighted by molar-refractivity contribution is 5.98. The highest BCUT2D eigenvalue weighted by atomic mass is 35.5. The van der Waals surface area contributed by atoms with Gasteiger partial charge in [0.1, 0.15) is 5.75 Å². The highest BCUT2D eigenvalue weighted by Gasteiger charge is 2.12. The lowest BCUT2D eigenvalue weighted by Crippen LogP contribution is -2.36. The van der Waals surface area contributed by atoms with E-state index in [-0.39, 0.29) is 36.9 Å². The van der Waals surface area contributed by atoms with Crippen LogP contribution in [0.15, 0.2) is 24.3 Å². The third-order valence-corrected chi connectivity index (χ3v) is 4.73. The van der Waals surface area contributed by atoms with Crippen molar-refractivity contribution in [3.05, 3.63) is 29.8 Å². The molecule has 1 aliphatic carbocycles. The molecule has 0 spiro atoms. The monoisotopic (exact) mass is 382 g/mol. The summed E-state index contributed by atoms with van der Waals surface area (Å²) in [5.74, 6) is 0.634. The topological polar surface area (TPSA) is 67.4 Å². The molecule has 1 fully saturated rings. The quantitative estimate of drug-likeness (QED) is 0.389. The van der Waals surface area contributed by atoms with Gasteiger partial charge in [-0.3, -0.25) is 9.59 Å². The predicted octanol–water partition coefficient (Wildman–Crippen LogP) is 3.51. The number of hydrogen-bond acceptors (Lipinski definition) is 4. The Morgan fingerprint density at radius 1 is 1.00 bits per heavy atom. The Morgan fingerprint density at radius 3 is 2.27 bits per heavy atom. The van der Waals surface area contributed by atoms with Crippen LogP contribution in [0.4, 0.5) is 0 Å². The van der Waals surface area contributed by atoms with E-state index < -0.39 is 0 Å². The summed E-state index contributed by atoms with van der Waals surface area (Å²) in [4.78, 5) is 24.0. The van der Waals surface area contributed by atoms with Crippen molar-refractivity contribution in [2.45, 2.75) is 57.4 Å². The Kier molecular flexibility index (Phi) is 11.0. The van der Waals surface area contributed by atoms with Crippen molar-refractivity contribution in [2.24, 2.45) is 0 Å². The first-order valence-electron chi connectivity index (χ1n) is 9.36. The molecule has 0 heterocycles. The summed E-state index contributed by atoms with van der Waals surface area (Å²) in [6.45, 7) is 1.41. The fraction of sp³-hybridized carbons (Fsp3) is 0.600. The van der Waals surface area contributed by atoms with Crippen LogP contribution < -0.4 is 15.4 Å². The van der Waals surface area contributed by atoms with Gasteiger partial charge < -0.3 is 15.4 Å². The fourth-order valence-electron chi connectivity index (χ4n) is 3.20. The van der Waals surface area contributed by atoms with E-state index in [1.165, 1.54) is 38.5 Å². The van der Waals surface area contributed by atoms with Crippen molar-refractivity contribution in [3.8, 4) is 5.75 Å². The molecule has 0 atom stereocenters. The van der Waals surface area contributed by atoms with E-state index in [0.717, 1.165) is 12.3 Å². The number of methoxy groups -OCH3 is 1. The Hall–Kier alpha value is -1.59. The molecule has 6 heteroatoms. The first kappa shape index (κ1) is 22.5. The Labute approximate surface area is 162 Å². The first-order chi connectivity index (χ1) is 12.2. The molecule has 1 saturated carbocycles. The van der Waals surface area contributed by atoms with E-state index in [2.05, 4.69) is 10.6 Å². The number of carbonyl (C=O) groups excluding carboxylic acids is 2. The van der Waals surface area contributed by atoms with Crippen molar-refractivity contribution in [1.82, 2.24) is 10.6 Å². The Bertz CT molecular complexity index is 540. The lowest BCUT2D eigenvalue weighted by Gasteiger charge is -2.16. The molecule has 0 saturated heterocycles. The maximum absolute atomic E-state index is 12.1. The van der Waals surface area contributed by atoms with Gasteiger partial charge in [-0.15, -0.1) is 12.4 Å². The summed E-state index contributed by atoms with van der Waals surface area (Å²) in [6, 6.07) is 7.57. The van der Waals surface area contributed by atoms with Crippen molar-refractivity contribution in [3.63, 3.8) is 0 Å². The second-order valence-corrected chi connectivity index (χ2v) is 6.64. The molecule has 1 aliphatic rings. The van der Waals surface area contributed by atoms with Gasteiger partial charge in [-0.05, 0) is 37.1 Å². The minimum absolute atomic E-state index is 0. The smallest absolute Gasteiger partial charge is 0.220 e. The van der Waals surface area contributed by atoms with E-state index >= 15 is 0 Å². The number of halogens is 1. The molecule has 0 radical (unpaired) electrons. The number of carbonyl (C=O) groups is 2. The number of ether oxygens (including phenoxy) is 1. The van der Waals surface area contributed by atoms with Crippen LogP contribution in [0.25, 0.3) is 0 Å². The third-order valence-electron chi connectivity index (χ3n) is 4.73. The summed E-state index contributed by atoms with van der Waals surface area (Å²) >= 11 is 0. The molecule has 26 heavy (non-hydrogen) atoms. The van der Waals surface area contributed by atoms with Crippen molar-refractivity contribution in [1.29, 1.82) is 0 Å². The predicted molar refractivity (Wildman–Crippen MR) is 106 cm³/mol. The third kappa shape index (κ3) is 8.19. The zero-order valence-electron chi connectivity index (χ0n) is 15.6. The Morgan fingerprint density at radius 2 is 1.65 bits per heavy atom. The van der Waals surface area contributed by atoms with Gasteiger partial charge in [-0.25, -0.2) is 0 Å². The summed E-state index contributed by atoms with van der Waals surface area (Å²) in [5.41, 5.74) is 0.614. The summed E-state index contributed by atoms with van der Waals surface area (Å²) in [7, 11) is 1.59. The fourth-order valence-corrected chi connectivity index (χ4v) is 3.20.